The molecule has 4 nitrogen and oxygen atoms in total. The third-order valence-electron chi connectivity index (χ3n) is 2.94. The molecule has 2 heterocycles. The first kappa shape index (κ1) is 13.4. The van der Waals surface area contributed by atoms with Crippen LogP contribution >= 0.6 is 23.4 Å². The molecule has 0 aliphatic carbocycles. The number of nitrogens with zero attached hydrogens (tertiary/aromatic N) is 4. The fourth-order valence-electron chi connectivity index (χ4n) is 2.02. The molecule has 102 valence electrons. The molecule has 1 aromatic carbocycles. The van der Waals surface area contributed by atoms with Gasteiger partial charge in [0.1, 0.15) is 0 Å². The lowest BCUT2D eigenvalue weighted by Crippen LogP contribution is -1.97. The summed E-state index contributed by atoms with van der Waals surface area (Å²) in [5.74, 6) is 1.48. The van der Waals surface area contributed by atoms with Gasteiger partial charge in [0.15, 0.2) is 5.16 Å². The second kappa shape index (κ2) is 5.42. The Kier molecular flexibility index (Phi) is 3.63. The van der Waals surface area contributed by atoms with Crippen molar-refractivity contribution in [2.24, 2.45) is 0 Å². The Morgan fingerprint density at radius 2 is 1.90 bits per heavy atom. The molecule has 0 saturated heterocycles. The third kappa shape index (κ3) is 2.64. The van der Waals surface area contributed by atoms with E-state index in [1.807, 2.05) is 48.6 Å². The summed E-state index contributed by atoms with van der Waals surface area (Å²) in [6.07, 6.45) is 0. The zero-order valence-corrected chi connectivity index (χ0v) is 12.7. The molecular formula is C14H13ClN4S. The summed E-state index contributed by atoms with van der Waals surface area (Å²) in [7, 11) is 0. The lowest BCUT2D eigenvalue weighted by Gasteiger charge is -2.04. The van der Waals surface area contributed by atoms with Gasteiger partial charge < -0.3 is 0 Å². The number of aryl methyl sites for hydroxylation is 2. The molecule has 3 aromatic rings. The minimum Gasteiger partial charge on any atom is -0.259 e. The van der Waals surface area contributed by atoms with E-state index in [1.54, 1.807) is 11.8 Å². The average molecular weight is 305 g/mol. The van der Waals surface area contributed by atoms with Crippen LogP contribution in [0.1, 0.15) is 17.0 Å². The van der Waals surface area contributed by atoms with Crippen molar-refractivity contribution in [1.82, 2.24) is 19.6 Å². The van der Waals surface area contributed by atoms with Crippen LogP contribution in [0.3, 0.4) is 0 Å². The van der Waals surface area contributed by atoms with E-state index in [9.17, 15) is 0 Å². The van der Waals surface area contributed by atoms with Crippen molar-refractivity contribution in [3.8, 4) is 0 Å². The predicted octanol–water partition coefficient (Wildman–Crippen LogP) is 3.69. The van der Waals surface area contributed by atoms with Gasteiger partial charge in [0.2, 0.25) is 0 Å². The lowest BCUT2D eigenvalue weighted by atomic mass is 10.2. The fourth-order valence-corrected chi connectivity index (χ4v) is 3.09. The second-order valence-electron chi connectivity index (χ2n) is 4.57. The average Bonchev–Trinajstić information content (AvgIpc) is 2.81. The van der Waals surface area contributed by atoms with Crippen LogP contribution in [-0.2, 0) is 5.75 Å². The Bertz CT molecular complexity index is 752. The molecule has 0 aliphatic heterocycles. The van der Waals surface area contributed by atoms with Crippen LogP contribution in [0.5, 0.6) is 0 Å². The van der Waals surface area contributed by atoms with E-state index in [4.69, 9.17) is 11.6 Å². The molecule has 20 heavy (non-hydrogen) atoms. The smallest absolute Gasteiger partial charge is 0.256 e. The monoisotopic (exact) mass is 304 g/mol. The first-order chi connectivity index (χ1) is 9.63. The molecular weight excluding hydrogens is 292 g/mol. The summed E-state index contributed by atoms with van der Waals surface area (Å²) >= 11 is 7.53. The van der Waals surface area contributed by atoms with E-state index in [1.165, 1.54) is 5.56 Å². The molecule has 6 heteroatoms. The van der Waals surface area contributed by atoms with Crippen molar-refractivity contribution in [2.45, 2.75) is 24.8 Å². The Balaban J connectivity index is 1.86. The molecule has 2 aromatic heterocycles. The number of thioether (sulfide) groups is 1. The number of hydrogen-bond donors (Lipinski definition) is 0. The van der Waals surface area contributed by atoms with Crippen molar-refractivity contribution < 1.29 is 0 Å². The van der Waals surface area contributed by atoms with Gasteiger partial charge in [-0.15, -0.1) is 10.2 Å². The van der Waals surface area contributed by atoms with E-state index < -0.39 is 0 Å². The van der Waals surface area contributed by atoms with Crippen LogP contribution in [0, 0.1) is 13.8 Å². The van der Waals surface area contributed by atoms with Gasteiger partial charge in [-0.1, -0.05) is 35.5 Å². The number of halogens is 1. The van der Waals surface area contributed by atoms with Crippen molar-refractivity contribution in [3.05, 3.63) is 52.3 Å². The van der Waals surface area contributed by atoms with Crippen LogP contribution in [0.2, 0.25) is 5.02 Å². The van der Waals surface area contributed by atoms with Crippen molar-refractivity contribution in [1.29, 1.82) is 0 Å². The zero-order valence-electron chi connectivity index (χ0n) is 11.2. The van der Waals surface area contributed by atoms with Crippen LogP contribution in [0.25, 0.3) is 5.78 Å². The Labute approximate surface area is 126 Å². The number of benzene rings is 1. The minimum absolute atomic E-state index is 0.654. The maximum atomic E-state index is 5.88. The first-order valence-corrected chi connectivity index (χ1v) is 7.56. The van der Waals surface area contributed by atoms with E-state index >= 15 is 0 Å². The summed E-state index contributed by atoms with van der Waals surface area (Å²) in [6.45, 7) is 4.00. The number of hydrogen-bond acceptors (Lipinski definition) is 4. The molecule has 0 unspecified atom stereocenters. The van der Waals surface area contributed by atoms with Crippen molar-refractivity contribution >= 4 is 29.1 Å². The molecule has 0 amide bonds. The predicted molar refractivity (Wildman–Crippen MR) is 81.3 cm³/mol. The van der Waals surface area contributed by atoms with Gasteiger partial charge in [-0.25, -0.2) is 4.98 Å². The first-order valence-electron chi connectivity index (χ1n) is 6.20. The Hall–Kier alpha value is -1.59. The fraction of sp³-hybridized carbons (Fsp3) is 0.214. The van der Waals surface area contributed by atoms with E-state index in [-0.39, 0.29) is 0 Å². The SMILES string of the molecule is Cc1cc(C)n2c(SCc3ccc(Cl)cc3)nnc2n1. The highest BCUT2D eigenvalue weighted by atomic mass is 35.5. The maximum absolute atomic E-state index is 5.88. The van der Waals surface area contributed by atoms with E-state index in [0.29, 0.717) is 5.78 Å². The normalized spacial score (nSPS) is 11.2. The topological polar surface area (TPSA) is 43.1 Å². The summed E-state index contributed by atoms with van der Waals surface area (Å²) < 4.78 is 1.98. The van der Waals surface area contributed by atoms with Crippen LogP contribution in [0.4, 0.5) is 0 Å². The standard InChI is InChI=1S/C14H13ClN4S/c1-9-7-10(2)19-13(16-9)17-18-14(19)20-8-11-3-5-12(15)6-4-11/h3-7H,8H2,1-2H3. The molecule has 0 spiro atoms. The zero-order chi connectivity index (χ0) is 14.1. The number of aromatic nitrogens is 4. The van der Waals surface area contributed by atoms with Gasteiger partial charge in [0.05, 0.1) is 0 Å². The number of fused-ring (bicyclic) bond motifs is 1. The van der Waals surface area contributed by atoms with Crippen molar-refractivity contribution in [2.75, 3.05) is 0 Å². The maximum Gasteiger partial charge on any atom is 0.256 e. The van der Waals surface area contributed by atoms with Crippen molar-refractivity contribution in [3.63, 3.8) is 0 Å². The molecule has 0 saturated carbocycles. The van der Waals surface area contributed by atoms with Gasteiger partial charge >= 0.3 is 0 Å². The summed E-state index contributed by atoms with van der Waals surface area (Å²) in [5, 5.41) is 9.96. The highest BCUT2D eigenvalue weighted by Crippen LogP contribution is 2.23. The molecule has 0 atom stereocenters. The molecule has 0 aliphatic rings. The van der Waals surface area contributed by atoms with Gasteiger partial charge in [0, 0.05) is 22.2 Å². The minimum atomic E-state index is 0.654. The Morgan fingerprint density at radius 3 is 2.65 bits per heavy atom. The summed E-state index contributed by atoms with van der Waals surface area (Å²) in [5.41, 5.74) is 3.25. The molecule has 3 rings (SSSR count). The quantitative estimate of drug-likeness (QED) is 0.692. The summed E-state index contributed by atoms with van der Waals surface area (Å²) in [4.78, 5) is 4.38. The largest absolute Gasteiger partial charge is 0.259 e. The molecule has 0 N–H and O–H groups in total. The van der Waals surface area contributed by atoms with E-state index in [0.717, 1.165) is 27.3 Å². The van der Waals surface area contributed by atoms with Gasteiger partial charge in [-0.2, -0.15) is 0 Å². The second-order valence-corrected chi connectivity index (χ2v) is 5.95. The summed E-state index contributed by atoms with van der Waals surface area (Å²) in [6, 6.07) is 9.87. The van der Waals surface area contributed by atoms with E-state index in [2.05, 4.69) is 15.2 Å². The molecule has 0 radical (unpaired) electrons. The lowest BCUT2D eigenvalue weighted by molar-refractivity contribution is 0.886. The highest BCUT2D eigenvalue weighted by molar-refractivity contribution is 7.98. The van der Waals surface area contributed by atoms with Crippen LogP contribution < -0.4 is 0 Å². The van der Waals surface area contributed by atoms with Gasteiger partial charge in [-0.05, 0) is 37.6 Å². The van der Waals surface area contributed by atoms with Crippen LogP contribution in [0.15, 0.2) is 35.5 Å². The third-order valence-corrected chi connectivity index (χ3v) is 4.20. The van der Waals surface area contributed by atoms with Gasteiger partial charge in [-0.3, -0.25) is 4.40 Å². The molecule has 0 bridgehead atoms. The number of rotatable bonds is 3. The van der Waals surface area contributed by atoms with Crippen LogP contribution in [-0.4, -0.2) is 19.6 Å². The molecule has 0 fully saturated rings. The van der Waals surface area contributed by atoms with Gasteiger partial charge in [0.25, 0.3) is 5.78 Å². The highest BCUT2D eigenvalue weighted by Gasteiger charge is 2.10. The Morgan fingerprint density at radius 1 is 1.15 bits per heavy atom.